The van der Waals surface area contributed by atoms with Crippen molar-refractivity contribution >= 4 is 28.9 Å². The standard InChI is InChI=1S/C16H23N3O3S/c1-3-22-16(21)6-9-19-8-5-14(18-19)10-13-11-17-7-4-15(13)23-12(2)20/h5,8,10,15,17H,3-4,6-7,9,11H2,1-2H3/b13-10+. The molecule has 1 aromatic heterocycles. The number of carbonyl (C=O) groups is 2. The minimum atomic E-state index is -0.211. The first-order valence-electron chi connectivity index (χ1n) is 7.86. The maximum Gasteiger partial charge on any atom is 0.307 e. The molecule has 126 valence electrons. The lowest BCUT2D eigenvalue weighted by atomic mass is 10.0. The summed E-state index contributed by atoms with van der Waals surface area (Å²) in [5, 5.41) is 8.15. The van der Waals surface area contributed by atoms with Crippen LogP contribution in [0, 0.1) is 0 Å². The fourth-order valence-electron chi connectivity index (χ4n) is 2.45. The third-order valence-corrected chi connectivity index (χ3v) is 4.63. The van der Waals surface area contributed by atoms with Crippen molar-refractivity contribution in [2.75, 3.05) is 19.7 Å². The third kappa shape index (κ3) is 5.84. The van der Waals surface area contributed by atoms with Crippen molar-refractivity contribution in [1.82, 2.24) is 15.1 Å². The quantitative estimate of drug-likeness (QED) is 0.799. The van der Waals surface area contributed by atoms with Gasteiger partial charge in [-0.05, 0) is 37.6 Å². The van der Waals surface area contributed by atoms with Crippen LogP contribution in [0.25, 0.3) is 6.08 Å². The van der Waals surface area contributed by atoms with Gasteiger partial charge in [0.15, 0.2) is 5.12 Å². The molecular formula is C16H23N3O3S. The molecule has 1 aliphatic rings. The highest BCUT2D eigenvalue weighted by Crippen LogP contribution is 2.26. The lowest BCUT2D eigenvalue weighted by Crippen LogP contribution is -2.32. The fraction of sp³-hybridized carbons (Fsp3) is 0.562. The monoisotopic (exact) mass is 337 g/mol. The van der Waals surface area contributed by atoms with E-state index in [1.807, 2.05) is 18.3 Å². The van der Waals surface area contributed by atoms with Crippen molar-refractivity contribution in [2.24, 2.45) is 0 Å². The second-order valence-electron chi connectivity index (χ2n) is 5.34. The summed E-state index contributed by atoms with van der Waals surface area (Å²) in [6.45, 7) is 6.01. The summed E-state index contributed by atoms with van der Waals surface area (Å²) in [6.07, 6.45) is 5.15. The third-order valence-electron chi connectivity index (χ3n) is 3.48. The molecule has 1 N–H and O–H groups in total. The highest BCUT2D eigenvalue weighted by molar-refractivity contribution is 8.14. The van der Waals surface area contributed by atoms with Crippen molar-refractivity contribution in [2.45, 2.75) is 38.5 Å². The highest BCUT2D eigenvalue weighted by Gasteiger charge is 2.21. The van der Waals surface area contributed by atoms with Crippen molar-refractivity contribution in [1.29, 1.82) is 0 Å². The maximum absolute atomic E-state index is 11.4. The van der Waals surface area contributed by atoms with Crippen LogP contribution < -0.4 is 5.32 Å². The van der Waals surface area contributed by atoms with Gasteiger partial charge in [-0.2, -0.15) is 5.10 Å². The van der Waals surface area contributed by atoms with Gasteiger partial charge in [-0.25, -0.2) is 0 Å². The summed E-state index contributed by atoms with van der Waals surface area (Å²) in [6, 6.07) is 1.92. The van der Waals surface area contributed by atoms with Crippen LogP contribution in [0.15, 0.2) is 17.8 Å². The zero-order chi connectivity index (χ0) is 16.7. The average molecular weight is 337 g/mol. The molecule has 1 atom stereocenters. The number of aryl methyl sites for hydroxylation is 1. The molecule has 0 amide bonds. The Morgan fingerprint density at radius 3 is 3.13 bits per heavy atom. The van der Waals surface area contributed by atoms with E-state index < -0.39 is 0 Å². The molecule has 2 heterocycles. The van der Waals surface area contributed by atoms with E-state index in [2.05, 4.69) is 10.4 Å². The van der Waals surface area contributed by atoms with E-state index in [0.29, 0.717) is 19.6 Å². The predicted octanol–water partition coefficient (Wildman–Crippen LogP) is 1.86. The van der Waals surface area contributed by atoms with Crippen LogP contribution in [0.3, 0.4) is 0 Å². The SMILES string of the molecule is CCOC(=O)CCn1ccc(/C=C2\CNCCC2SC(C)=O)n1. The summed E-state index contributed by atoms with van der Waals surface area (Å²) >= 11 is 1.39. The highest BCUT2D eigenvalue weighted by atomic mass is 32.2. The molecule has 1 saturated heterocycles. The van der Waals surface area contributed by atoms with Gasteiger partial charge in [-0.1, -0.05) is 11.8 Å². The van der Waals surface area contributed by atoms with Gasteiger partial charge in [0.05, 0.1) is 25.3 Å². The van der Waals surface area contributed by atoms with E-state index in [9.17, 15) is 9.59 Å². The Morgan fingerprint density at radius 2 is 2.39 bits per heavy atom. The molecular weight excluding hydrogens is 314 g/mol. The van der Waals surface area contributed by atoms with Gasteiger partial charge in [0.1, 0.15) is 0 Å². The second kappa shape index (κ2) is 8.88. The van der Waals surface area contributed by atoms with Gasteiger partial charge in [0.25, 0.3) is 0 Å². The molecule has 1 unspecified atom stereocenters. The smallest absolute Gasteiger partial charge is 0.307 e. The molecule has 1 aliphatic heterocycles. The first-order chi connectivity index (χ1) is 11.1. The zero-order valence-electron chi connectivity index (χ0n) is 13.6. The van der Waals surface area contributed by atoms with E-state index in [1.54, 1.807) is 18.5 Å². The number of piperidine rings is 1. The number of nitrogens with zero attached hydrogens (tertiary/aromatic N) is 2. The normalized spacial score (nSPS) is 19.7. The number of carbonyl (C=O) groups excluding carboxylic acids is 2. The Bertz CT molecular complexity index is 583. The van der Waals surface area contributed by atoms with E-state index in [-0.39, 0.29) is 16.3 Å². The number of ether oxygens (including phenoxy) is 1. The molecule has 7 heteroatoms. The van der Waals surface area contributed by atoms with Gasteiger partial charge in [0.2, 0.25) is 0 Å². The molecule has 0 radical (unpaired) electrons. The van der Waals surface area contributed by atoms with Crippen LogP contribution in [-0.4, -0.2) is 45.8 Å². The number of thioether (sulfide) groups is 1. The van der Waals surface area contributed by atoms with E-state index >= 15 is 0 Å². The first-order valence-corrected chi connectivity index (χ1v) is 8.74. The van der Waals surface area contributed by atoms with Crippen molar-refractivity contribution < 1.29 is 14.3 Å². The Kier molecular flexibility index (Phi) is 6.85. The van der Waals surface area contributed by atoms with E-state index in [0.717, 1.165) is 25.2 Å². The summed E-state index contributed by atoms with van der Waals surface area (Å²) in [5.74, 6) is -0.211. The molecule has 1 aromatic rings. The number of hydrogen-bond acceptors (Lipinski definition) is 6. The maximum atomic E-state index is 11.4. The molecule has 0 saturated carbocycles. The Morgan fingerprint density at radius 1 is 1.57 bits per heavy atom. The van der Waals surface area contributed by atoms with E-state index in [1.165, 1.54) is 17.3 Å². The van der Waals surface area contributed by atoms with Gasteiger partial charge >= 0.3 is 5.97 Å². The van der Waals surface area contributed by atoms with Crippen LogP contribution in [0.1, 0.15) is 32.4 Å². The van der Waals surface area contributed by atoms with Gasteiger partial charge in [-0.15, -0.1) is 0 Å². The topological polar surface area (TPSA) is 73.2 Å². The number of aromatic nitrogens is 2. The van der Waals surface area contributed by atoms with Crippen LogP contribution in [0.2, 0.25) is 0 Å². The second-order valence-corrected chi connectivity index (χ2v) is 6.72. The van der Waals surface area contributed by atoms with Gasteiger partial charge in [0, 0.05) is 24.9 Å². The minimum Gasteiger partial charge on any atom is -0.466 e. The lowest BCUT2D eigenvalue weighted by Gasteiger charge is -2.24. The number of rotatable bonds is 6. The molecule has 0 aliphatic carbocycles. The number of esters is 1. The Balaban J connectivity index is 1.98. The average Bonchev–Trinajstić information content (AvgIpc) is 2.95. The summed E-state index contributed by atoms with van der Waals surface area (Å²) in [5.41, 5.74) is 2.04. The van der Waals surface area contributed by atoms with Crippen molar-refractivity contribution in [3.63, 3.8) is 0 Å². The molecule has 2 rings (SSSR count). The Hall–Kier alpha value is -1.60. The largest absolute Gasteiger partial charge is 0.466 e. The summed E-state index contributed by atoms with van der Waals surface area (Å²) in [7, 11) is 0. The fourth-order valence-corrected chi connectivity index (χ4v) is 3.39. The summed E-state index contributed by atoms with van der Waals surface area (Å²) < 4.78 is 6.65. The molecule has 1 fully saturated rings. The van der Waals surface area contributed by atoms with Gasteiger partial charge < -0.3 is 10.1 Å². The van der Waals surface area contributed by atoms with Crippen LogP contribution in [0.5, 0.6) is 0 Å². The molecule has 0 aromatic carbocycles. The molecule has 0 bridgehead atoms. The van der Waals surface area contributed by atoms with E-state index in [4.69, 9.17) is 4.74 Å². The zero-order valence-corrected chi connectivity index (χ0v) is 14.4. The van der Waals surface area contributed by atoms with Crippen LogP contribution >= 0.6 is 11.8 Å². The number of nitrogens with one attached hydrogen (secondary N) is 1. The van der Waals surface area contributed by atoms with Crippen molar-refractivity contribution in [3.05, 3.63) is 23.5 Å². The first kappa shape index (κ1) is 17.7. The van der Waals surface area contributed by atoms with Crippen molar-refractivity contribution in [3.8, 4) is 0 Å². The van der Waals surface area contributed by atoms with Crippen LogP contribution in [-0.2, 0) is 20.9 Å². The minimum absolute atomic E-state index is 0.141. The lowest BCUT2D eigenvalue weighted by molar-refractivity contribution is -0.143. The number of hydrogen-bond donors (Lipinski definition) is 1. The van der Waals surface area contributed by atoms with Gasteiger partial charge in [-0.3, -0.25) is 14.3 Å². The molecule has 6 nitrogen and oxygen atoms in total. The summed E-state index contributed by atoms with van der Waals surface area (Å²) in [4.78, 5) is 22.7. The van der Waals surface area contributed by atoms with Crippen LogP contribution in [0.4, 0.5) is 0 Å². The Labute approximate surface area is 140 Å². The molecule has 23 heavy (non-hydrogen) atoms. The molecule has 0 spiro atoms. The predicted molar refractivity (Wildman–Crippen MR) is 91.0 cm³/mol.